The summed E-state index contributed by atoms with van der Waals surface area (Å²) in [7, 11) is 1.56. The minimum Gasteiger partial charge on any atom is -0.495 e. The summed E-state index contributed by atoms with van der Waals surface area (Å²) in [5.74, 6) is 0.860. The third kappa shape index (κ3) is 2.82. The Morgan fingerprint density at radius 2 is 1.94 bits per heavy atom. The minimum atomic E-state index is -0.0221. The number of benzene rings is 1. The molecule has 0 amide bonds. The van der Waals surface area contributed by atoms with Gasteiger partial charge in [-0.25, -0.2) is 0 Å². The zero-order chi connectivity index (χ0) is 12.3. The van der Waals surface area contributed by atoms with Crippen LogP contribution in [0.5, 0.6) is 5.75 Å². The fourth-order valence-electron chi connectivity index (χ4n) is 1.74. The van der Waals surface area contributed by atoms with Gasteiger partial charge in [0.15, 0.2) is 0 Å². The second-order valence-corrected chi connectivity index (χ2v) is 4.89. The molecule has 1 unspecified atom stereocenters. The van der Waals surface area contributed by atoms with E-state index in [0.29, 0.717) is 15.8 Å². The van der Waals surface area contributed by atoms with Crippen LogP contribution in [0.25, 0.3) is 0 Å². The standard InChI is InChI=1S/C12H16Cl2O2/c1-7(2)10(6-15)9-4-8(13)5-11(14)12(9)16-3/h4-5,7,10,15H,6H2,1-3H3. The van der Waals surface area contributed by atoms with Crippen LogP contribution in [-0.4, -0.2) is 18.8 Å². The average molecular weight is 263 g/mol. The van der Waals surface area contributed by atoms with Gasteiger partial charge in [-0.2, -0.15) is 0 Å². The smallest absolute Gasteiger partial charge is 0.141 e. The van der Waals surface area contributed by atoms with Crippen LogP contribution >= 0.6 is 23.2 Å². The molecule has 0 spiro atoms. The molecule has 1 aromatic rings. The molecule has 0 saturated heterocycles. The van der Waals surface area contributed by atoms with Gasteiger partial charge in [-0.3, -0.25) is 0 Å². The van der Waals surface area contributed by atoms with Gasteiger partial charge in [0.25, 0.3) is 0 Å². The van der Waals surface area contributed by atoms with Crippen molar-refractivity contribution in [3.8, 4) is 5.75 Å². The first-order chi connectivity index (χ1) is 7.51. The van der Waals surface area contributed by atoms with Crippen molar-refractivity contribution in [3.05, 3.63) is 27.7 Å². The molecule has 0 radical (unpaired) electrons. The molecular formula is C12H16Cl2O2. The Balaban J connectivity index is 3.29. The largest absolute Gasteiger partial charge is 0.495 e. The van der Waals surface area contributed by atoms with Gasteiger partial charge in [0.05, 0.1) is 18.7 Å². The first-order valence-electron chi connectivity index (χ1n) is 5.15. The third-order valence-corrected chi connectivity index (χ3v) is 3.14. The van der Waals surface area contributed by atoms with Crippen LogP contribution in [0.3, 0.4) is 0 Å². The van der Waals surface area contributed by atoms with Gasteiger partial charge in [0, 0.05) is 16.5 Å². The van der Waals surface area contributed by atoms with E-state index in [0.717, 1.165) is 5.56 Å². The van der Waals surface area contributed by atoms with E-state index < -0.39 is 0 Å². The van der Waals surface area contributed by atoms with E-state index in [1.54, 1.807) is 19.2 Å². The van der Waals surface area contributed by atoms with Crippen molar-refractivity contribution in [2.45, 2.75) is 19.8 Å². The summed E-state index contributed by atoms with van der Waals surface area (Å²) >= 11 is 12.0. The molecular weight excluding hydrogens is 247 g/mol. The van der Waals surface area contributed by atoms with Crippen LogP contribution < -0.4 is 4.74 Å². The molecule has 0 aliphatic heterocycles. The number of aliphatic hydroxyl groups excluding tert-OH is 1. The first kappa shape index (κ1) is 13.6. The Morgan fingerprint density at radius 1 is 1.31 bits per heavy atom. The topological polar surface area (TPSA) is 29.5 Å². The molecule has 1 atom stereocenters. The Labute approximate surface area is 106 Å². The van der Waals surface area contributed by atoms with Gasteiger partial charge in [-0.05, 0) is 18.1 Å². The molecule has 16 heavy (non-hydrogen) atoms. The van der Waals surface area contributed by atoms with Crippen LogP contribution in [0.1, 0.15) is 25.3 Å². The first-order valence-corrected chi connectivity index (χ1v) is 5.90. The highest BCUT2D eigenvalue weighted by Crippen LogP contribution is 2.38. The normalized spacial score (nSPS) is 12.9. The van der Waals surface area contributed by atoms with E-state index in [1.165, 1.54) is 0 Å². The molecule has 0 fully saturated rings. The second kappa shape index (κ2) is 5.76. The lowest BCUT2D eigenvalue weighted by atomic mass is 9.88. The molecule has 0 aliphatic carbocycles. The van der Waals surface area contributed by atoms with Crippen molar-refractivity contribution in [2.24, 2.45) is 5.92 Å². The van der Waals surface area contributed by atoms with Crippen LogP contribution in [0.15, 0.2) is 12.1 Å². The lowest BCUT2D eigenvalue weighted by Crippen LogP contribution is -2.12. The van der Waals surface area contributed by atoms with Gasteiger partial charge < -0.3 is 9.84 Å². The minimum absolute atomic E-state index is 0.0221. The number of rotatable bonds is 4. The number of ether oxygens (including phenoxy) is 1. The predicted molar refractivity (Wildman–Crippen MR) is 67.7 cm³/mol. The van der Waals surface area contributed by atoms with E-state index in [4.69, 9.17) is 27.9 Å². The highest BCUT2D eigenvalue weighted by Gasteiger charge is 2.21. The van der Waals surface area contributed by atoms with Crippen LogP contribution in [0.4, 0.5) is 0 Å². The number of methoxy groups -OCH3 is 1. The molecule has 0 bridgehead atoms. The summed E-state index contributed by atoms with van der Waals surface area (Å²) in [6, 6.07) is 3.44. The van der Waals surface area contributed by atoms with E-state index in [2.05, 4.69) is 0 Å². The van der Waals surface area contributed by atoms with E-state index in [1.807, 2.05) is 13.8 Å². The average Bonchev–Trinajstić information content (AvgIpc) is 2.17. The Hall–Kier alpha value is -0.440. The quantitative estimate of drug-likeness (QED) is 0.896. The molecule has 0 saturated carbocycles. The van der Waals surface area contributed by atoms with E-state index in [9.17, 15) is 5.11 Å². The van der Waals surface area contributed by atoms with Gasteiger partial charge in [-0.1, -0.05) is 37.0 Å². The maximum atomic E-state index is 9.41. The molecule has 4 heteroatoms. The number of hydrogen-bond acceptors (Lipinski definition) is 2. The van der Waals surface area contributed by atoms with Crippen LogP contribution in [0, 0.1) is 5.92 Å². The molecule has 0 aliphatic rings. The van der Waals surface area contributed by atoms with Gasteiger partial charge in [0.1, 0.15) is 5.75 Å². The fourth-order valence-corrected chi connectivity index (χ4v) is 2.33. The number of halogens is 2. The lowest BCUT2D eigenvalue weighted by molar-refractivity contribution is 0.234. The van der Waals surface area contributed by atoms with Crippen LogP contribution in [0.2, 0.25) is 10.0 Å². The van der Waals surface area contributed by atoms with Gasteiger partial charge in [-0.15, -0.1) is 0 Å². The molecule has 0 aromatic heterocycles. The summed E-state index contributed by atoms with van der Waals surface area (Å²) in [6.07, 6.45) is 0. The molecule has 1 N–H and O–H groups in total. The maximum absolute atomic E-state index is 9.41. The van der Waals surface area contributed by atoms with Crippen molar-refractivity contribution >= 4 is 23.2 Å². The van der Waals surface area contributed by atoms with Crippen molar-refractivity contribution in [2.75, 3.05) is 13.7 Å². The zero-order valence-electron chi connectivity index (χ0n) is 9.63. The molecule has 0 heterocycles. The monoisotopic (exact) mass is 262 g/mol. The molecule has 90 valence electrons. The number of hydrogen-bond donors (Lipinski definition) is 1. The summed E-state index contributed by atoms with van der Waals surface area (Å²) in [5, 5.41) is 10.4. The van der Waals surface area contributed by atoms with Crippen molar-refractivity contribution in [1.29, 1.82) is 0 Å². The van der Waals surface area contributed by atoms with Crippen LogP contribution in [-0.2, 0) is 0 Å². The Bertz CT molecular complexity index is 364. The summed E-state index contributed by atoms with van der Waals surface area (Å²) in [4.78, 5) is 0. The third-order valence-electron chi connectivity index (χ3n) is 2.64. The molecule has 2 nitrogen and oxygen atoms in total. The lowest BCUT2D eigenvalue weighted by Gasteiger charge is -2.22. The second-order valence-electron chi connectivity index (χ2n) is 4.04. The highest BCUT2D eigenvalue weighted by molar-refractivity contribution is 6.35. The van der Waals surface area contributed by atoms with Crippen molar-refractivity contribution in [3.63, 3.8) is 0 Å². The number of aliphatic hydroxyl groups is 1. The SMILES string of the molecule is COc1c(Cl)cc(Cl)cc1C(CO)C(C)C. The fraction of sp³-hybridized carbons (Fsp3) is 0.500. The summed E-state index contributed by atoms with van der Waals surface area (Å²) in [6.45, 7) is 4.12. The van der Waals surface area contributed by atoms with Gasteiger partial charge >= 0.3 is 0 Å². The summed E-state index contributed by atoms with van der Waals surface area (Å²) < 4.78 is 5.26. The Kier molecular flexibility index (Phi) is 4.90. The van der Waals surface area contributed by atoms with Crippen molar-refractivity contribution < 1.29 is 9.84 Å². The molecule has 1 aromatic carbocycles. The van der Waals surface area contributed by atoms with E-state index >= 15 is 0 Å². The van der Waals surface area contributed by atoms with Crippen molar-refractivity contribution in [1.82, 2.24) is 0 Å². The zero-order valence-corrected chi connectivity index (χ0v) is 11.1. The molecule has 1 rings (SSSR count). The summed E-state index contributed by atoms with van der Waals surface area (Å²) in [5.41, 5.74) is 0.859. The Morgan fingerprint density at radius 3 is 2.38 bits per heavy atom. The van der Waals surface area contributed by atoms with Gasteiger partial charge in [0.2, 0.25) is 0 Å². The van der Waals surface area contributed by atoms with E-state index in [-0.39, 0.29) is 18.4 Å². The highest BCUT2D eigenvalue weighted by atomic mass is 35.5. The maximum Gasteiger partial charge on any atom is 0.141 e. The predicted octanol–water partition coefficient (Wildman–Crippen LogP) is 3.73.